The summed E-state index contributed by atoms with van der Waals surface area (Å²) in [4.78, 5) is 10.9. The minimum Gasteiger partial charge on any atom is -0.415 e. The number of aliphatic hydroxyl groups excluding tert-OH is 1. The molecule has 0 aromatic carbocycles. The molecule has 0 saturated carbocycles. The lowest BCUT2D eigenvalue weighted by atomic mass is 10.3. The van der Waals surface area contributed by atoms with Gasteiger partial charge in [-0.2, -0.15) is 0 Å². The van der Waals surface area contributed by atoms with Gasteiger partial charge in [-0.3, -0.25) is 4.79 Å². The van der Waals surface area contributed by atoms with Crippen molar-refractivity contribution in [1.82, 2.24) is 0 Å². The van der Waals surface area contributed by atoms with Crippen molar-refractivity contribution in [3.8, 4) is 5.06 Å². The van der Waals surface area contributed by atoms with Crippen molar-refractivity contribution in [3.63, 3.8) is 0 Å². The van der Waals surface area contributed by atoms with Crippen LogP contribution < -0.4 is 4.74 Å². The first-order chi connectivity index (χ1) is 5.68. The third-order valence-corrected chi connectivity index (χ3v) is 1.92. The minimum absolute atomic E-state index is 0.0396. The van der Waals surface area contributed by atoms with Gasteiger partial charge in [-0.1, -0.05) is 0 Å². The van der Waals surface area contributed by atoms with Crippen LogP contribution in [0.3, 0.4) is 0 Å². The molecule has 0 aliphatic carbocycles. The number of esters is 1. The van der Waals surface area contributed by atoms with E-state index in [-0.39, 0.29) is 6.42 Å². The molecule has 0 radical (unpaired) electrons. The van der Waals surface area contributed by atoms with Gasteiger partial charge in [-0.15, -0.1) is 11.3 Å². The number of aliphatic hydroxyl groups is 1. The molecular formula is C8H10O3S. The van der Waals surface area contributed by atoms with E-state index < -0.39 is 12.1 Å². The Morgan fingerprint density at radius 2 is 2.58 bits per heavy atom. The Bertz CT molecular complexity index is 241. The maximum atomic E-state index is 10.9. The van der Waals surface area contributed by atoms with Gasteiger partial charge in [0.25, 0.3) is 0 Å². The fourth-order valence-electron chi connectivity index (χ4n) is 0.717. The van der Waals surface area contributed by atoms with Crippen molar-refractivity contribution >= 4 is 17.3 Å². The van der Waals surface area contributed by atoms with E-state index in [9.17, 15) is 4.79 Å². The predicted molar refractivity (Wildman–Crippen MR) is 46.3 cm³/mol. The zero-order valence-electron chi connectivity index (χ0n) is 6.69. The Morgan fingerprint density at radius 1 is 1.83 bits per heavy atom. The van der Waals surface area contributed by atoms with Gasteiger partial charge in [-0.25, -0.2) is 0 Å². The highest BCUT2D eigenvalue weighted by molar-refractivity contribution is 7.11. The van der Waals surface area contributed by atoms with E-state index in [2.05, 4.69) is 0 Å². The van der Waals surface area contributed by atoms with Gasteiger partial charge in [0.15, 0.2) is 5.06 Å². The van der Waals surface area contributed by atoms with E-state index >= 15 is 0 Å². The first kappa shape index (κ1) is 9.22. The summed E-state index contributed by atoms with van der Waals surface area (Å²) in [6.45, 7) is 1.55. The second-order valence-electron chi connectivity index (χ2n) is 2.46. The molecule has 0 saturated heterocycles. The summed E-state index contributed by atoms with van der Waals surface area (Å²) in [7, 11) is 0. The molecule has 0 aliphatic rings. The SMILES string of the molecule is C[C@@H](O)CC(=O)Oc1cccs1. The molecule has 1 heterocycles. The van der Waals surface area contributed by atoms with Crippen molar-refractivity contribution in [2.45, 2.75) is 19.4 Å². The summed E-state index contributed by atoms with van der Waals surface area (Å²) >= 11 is 1.35. The van der Waals surface area contributed by atoms with Gasteiger partial charge < -0.3 is 9.84 Å². The van der Waals surface area contributed by atoms with Crippen LogP contribution in [0, 0.1) is 0 Å². The summed E-state index contributed by atoms with van der Waals surface area (Å²) in [5.74, 6) is -0.396. The highest BCUT2D eigenvalue weighted by Gasteiger charge is 2.08. The fourth-order valence-corrected chi connectivity index (χ4v) is 1.31. The van der Waals surface area contributed by atoms with E-state index in [1.807, 2.05) is 5.38 Å². The average Bonchev–Trinajstić information content (AvgIpc) is 2.37. The number of hydrogen-bond donors (Lipinski definition) is 1. The average molecular weight is 186 g/mol. The topological polar surface area (TPSA) is 46.5 Å². The number of rotatable bonds is 3. The van der Waals surface area contributed by atoms with Gasteiger partial charge in [0.2, 0.25) is 0 Å². The monoisotopic (exact) mass is 186 g/mol. The maximum Gasteiger partial charge on any atom is 0.314 e. The quantitative estimate of drug-likeness (QED) is 0.726. The summed E-state index contributed by atoms with van der Waals surface area (Å²) in [5.41, 5.74) is 0. The maximum absolute atomic E-state index is 10.9. The molecule has 0 unspecified atom stereocenters. The van der Waals surface area contributed by atoms with E-state index in [1.165, 1.54) is 11.3 Å². The minimum atomic E-state index is -0.641. The summed E-state index contributed by atoms with van der Waals surface area (Å²) in [6.07, 6.45) is -0.602. The van der Waals surface area contributed by atoms with Crippen LogP contribution in [0.5, 0.6) is 5.06 Å². The van der Waals surface area contributed by atoms with E-state index in [0.29, 0.717) is 5.06 Å². The molecule has 1 aromatic heterocycles. The normalized spacial score (nSPS) is 12.5. The Kier molecular flexibility index (Phi) is 3.25. The van der Waals surface area contributed by atoms with Crippen LogP contribution in [0.2, 0.25) is 0 Å². The Labute approximate surface area is 74.6 Å². The summed E-state index contributed by atoms with van der Waals surface area (Å²) < 4.78 is 4.88. The Morgan fingerprint density at radius 3 is 3.08 bits per heavy atom. The molecule has 3 nitrogen and oxygen atoms in total. The molecular weight excluding hydrogens is 176 g/mol. The molecule has 1 aromatic rings. The largest absolute Gasteiger partial charge is 0.415 e. The van der Waals surface area contributed by atoms with Crippen molar-refractivity contribution in [3.05, 3.63) is 17.5 Å². The molecule has 4 heteroatoms. The van der Waals surface area contributed by atoms with Crippen LogP contribution in [0.4, 0.5) is 0 Å². The Hall–Kier alpha value is -0.870. The van der Waals surface area contributed by atoms with Crippen LogP contribution in [-0.2, 0) is 4.79 Å². The van der Waals surface area contributed by atoms with Crippen molar-refractivity contribution < 1.29 is 14.6 Å². The number of carbonyl (C=O) groups excluding carboxylic acids is 1. The first-order valence-electron chi connectivity index (χ1n) is 3.60. The summed E-state index contributed by atoms with van der Waals surface area (Å²) in [6, 6.07) is 3.51. The molecule has 1 atom stereocenters. The summed E-state index contributed by atoms with van der Waals surface area (Å²) in [5, 5.41) is 11.2. The molecule has 0 fully saturated rings. The van der Waals surface area contributed by atoms with Gasteiger partial charge >= 0.3 is 5.97 Å². The predicted octanol–water partition coefficient (Wildman–Crippen LogP) is 1.42. The van der Waals surface area contributed by atoms with Gasteiger partial charge in [0, 0.05) is 0 Å². The second-order valence-corrected chi connectivity index (χ2v) is 3.37. The van der Waals surface area contributed by atoms with E-state index in [4.69, 9.17) is 9.84 Å². The molecule has 1 N–H and O–H groups in total. The van der Waals surface area contributed by atoms with Crippen molar-refractivity contribution in [2.24, 2.45) is 0 Å². The van der Waals surface area contributed by atoms with Crippen LogP contribution in [0.25, 0.3) is 0 Å². The van der Waals surface area contributed by atoms with Crippen LogP contribution in [0.1, 0.15) is 13.3 Å². The van der Waals surface area contributed by atoms with Crippen molar-refractivity contribution in [1.29, 1.82) is 0 Å². The van der Waals surface area contributed by atoms with Gasteiger partial charge in [0.05, 0.1) is 12.5 Å². The lowest BCUT2D eigenvalue weighted by molar-refractivity contribution is -0.136. The fraction of sp³-hybridized carbons (Fsp3) is 0.375. The van der Waals surface area contributed by atoms with E-state index in [1.54, 1.807) is 19.1 Å². The van der Waals surface area contributed by atoms with Crippen LogP contribution >= 0.6 is 11.3 Å². The Balaban J connectivity index is 2.37. The third-order valence-electron chi connectivity index (χ3n) is 1.17. The first-order valence-corrected chi connectivity index (χ1v) is 4.48. The highest BCUT2D eigenvalue weighted by Crippen LogP contribution is 2.18. The van der Waals surface area contributed by atoms with Crippen LogP contribution in [-0.4, -0.2) is 17.2 Å². The zero-order chi connectivity index (χ0) is 8.97. The van der Waals surface area contributed by atoms with Gasteiger partial charge in [0.1, 0.15) is 0 Å². The lowest BCUT2D eigenvalue weighted by Crippen LogP contribution is -2.14. The molecule has 0 spiro atoms. The van der Waals surface area contributed by atoms with Crippen LogP contribution in [0.15, 0.2) is 17.5 Å². The molecule has 1 rings (SSSR count). The lowest BCUT2D eigenvalue weighted by Gasteiger charge is -2.02. The van der Waals surface area contributed by atoms with E-state index in [0.717, 1.165) is 0 Å². The molecule has 0 bridgehead atoms. The third kappa shape index (κ3) is 3.02. The smallest absolute Gasteiger partial charge is 0.314 e. The second kappa shape index (κ2) is 4.23. The van der Waals surface area contributed by atoms with Crippen molar-refractivity contribution in [2.75, 3.05) is 0 Å². The molecule has 0 amide bonds. The zero-order valence-corrected chi connectivity index (χ0v) is 7.50. The number of thiophene rings is 1. The highest BCUT2D eigenvalue weighted by atomic mass is 32.1. The number of hydrogen-bond acceptors (Lipinski definition) is 4. The number of carbonyl (C=O) groups is 1. The van der Waals surface area contributed by atoms with Gasteiger partial charge in [-0.05, 0) is 24.4 Å². The molecule has 12 heavy (non-hydrogen) atoms. The molecule has 0 aliphatic heterocycles. The molecule has 66 valence electrons. The standard InChI is InChI=1S/C8H10O3S/c1-6(9)5-7(10)11-8-3-2-4-12-8/h2-4,6,9H,5H2,1H3/t6-/m1/s1. The number of ether oxygens (including phenoxy) is 1.